The molecule has 144 valence electrons. The first-order chi connectivity index (χ1) is 13.9. The molecule has 3 aromatic rings. The van der Waals surface area contributed by atoms with Gasteiger partial charge in [0, 0.05) is 17.0 Å². The van der Waals surface area contributed by atoms with Crippen LogP contribution in [0.1, 0.15) is 27.5 Å². The van der Waals surface area contributed by atoms with Crippen molar-refractivity contribution < 1.29 is 9.32 Å². The highest BCUT2D eigenvalue weighted by molar-refractivity contribution is 6.33. The average molecular weight is 406 g/mol. The van der Waals surface area contributed by atoms with Crippen molar-refractivity contribution in [2.24, 2.45) is 0 Å². The van der Waals surface area contributed by atoms with Gasteiger partial charge in [-0.3, -0.25) is 4.79 Å². The van der Waals surface area contributed by atoms with Crippen molar-refractivity contribution in [1.82, 2.24) is 15.0 Å². The van der Waals surface area contributed by atoms with Gasteiger partial charge < -0.3 is 14.4 Å². The molecular weight excluding hydrogens is 390 g/mol. The molecule has 7 nitrogen and oxygen atoms in total. The average Bonchev–Trinajstić information content (AvgIpc) is 3.24. The number of nitriles is 2. The van der Waals surface area contributed by atoms with Gasteiger partial charge in [-0.05, 0) is 39.0 Å². The molecule has 0 aliphatic rings. The molecule has 1 N–H and O–H groups in total. The molecule has 0 spiro atoms. The van der Waals surface area contributed by atoms with Gasteiger partial charge in [0.2, 0.25) is 0 Å². The Bertz CT molecular complexity index is 1200. The number of allylic oxidation sites excluding steroid dienone is 2. The lowest BCUT2D eigenvalue weighted by atomic mass is 10.1. The van der Waals surface area contributed by atoms with Crippen LogP contribution in [-0.2, 0) is 0 Å². The lowest BCUT2D eigenvalue weighted by Gasteiger charge is -2.11. The summed E-state index contributed by atoms with van der Waals surface area (Å²) in [5, 5.41) is 26.1. The molecular formula is C21H16ClN5O2. The van der Waals surface area contributed by atoms with Crippen LogP contribution in [0.25, 0.3) is 17.0 Å². The number of carbonyl (C=O) groups is 1. The fourth-order valence-electron chi connectivity index (χ4n) is 3.03. The van der Waals surface area contributed by atoms with Crippen molar-refractivity contribution in [2.45, 2.75) is 20.8 Å². The van der Waals surface area contributed by atoms with E-state index in [4.69, 9.17) is 16.1 Å². The van der Waals surface area contributed by atoms with E-state index < -0.39 is 5.91 Å². The second kappa shape index (κ2) is 8.05. The van der Waals surface area contributed by atoms with E-state index in [2.05, 4.69) is 10.5 Å². The minimum atomic E-state index is -0.620. The van der Waals surface area contributed by atoms with Gasteiger partial charge in [0.25, 0.3) is 5.91 Å². The van der Waals surface area contributed by atoms with Crippen LogP contribution in [-0.4, -0.2) is 15.6 Å². The Morgan fingerprint density at radius 3 is 2.34 bits per heavy atom. The van der Waals surface area contributed by atoms with E-state index in [-0.39, 0.29) is 28.4 Å². The maximum absolute atomic E-state index is 13.0. The lowest BCUT2D eigenvalue weighted by Crippen LogP contribution is -2.25. The molecule has 8 heteroatoms. The maximum Gasteiger partial charge on any atom is 0.262 e. The molecule has 0 saturated heterocycles. The largest absolute Gasteiger partial charge is 0.360 e. The third kappa shape index (κ3) is 3.64. The number of rotatable bonds is 4. The van der Waals surface area contributed by atoms with E-state index in [1.165, 1.54) is 0 Å². The molecule has 2 heterocycles. The first-order valence-electron chi connectivity index (χ1n) is 8.61. The minimum Gasteiger partial charge on any atom is -0.360 e. The standard InChI is InChI=1S/C21H16ClN5O2/c1-12-8-9-13(2)27(12)18(11-24)17(10-23)25-21(28)19-14(3)29-26-20(19)15-6-4-5-7-16(15)22/h4-9H,1-3H3,(H,25,28)/b18-17+. The summed E-state index contributed by atoms with van der Waals surface area (Å²) in [6.07, 6.45) is 0. The van der Waals surface area contributed by atoms with E-state index >= 15 is 0 Å². The van der Waals surface area contributed by atoms with Crippen LogP contribution in [0.2, 0.25) is 5.02 Å². The fourth-order valence-corrected chi connectivity index (χ4v) is 3.26. The molecule has 0 unspecified atom stereocenters. The van der Waals surface area contributed by atoms with Crippen LogP contribution in [0.5, 0.6) is 0 Å². The zero-order chi connectivity index (χ0) is 21.1. The van der Waals surface area contributed by atoms with Gasteiger partial charge >= 0.3 is 0 Å². The second-order valence-corrected chi connectivity index (χ2v) is 6.70. The highest BCUT2D eigenvalue weighted by Gasteiger charge is 2.25. The van der Waals surface area contributed by atoms with Crippen molar-refractivity contribution in [2.75, 3.05) is 0 Å². The number of nitrogens with one attached hydrogen (secondary N) is 1. The molecule has 1 aromatic carbocycles. The Balaban J connectivity index is 2.07. The van der Waals surface area contributed by atoms with Gasteiger partial charge in [-0.1, -0.05) is 35.0 Å². The summed E-state index contributed by atoms with van der Waals surface area (Å²) in [5.74, 6) is -0.355. The number of amides is 1. The third-order valence-electron chi connectivity index (χ3n) is 4.41. The number of halogens is 1. The normalized spacial score (nSPS) is 11.4. The minimum absolute atomic E-state index is 0.0225. The smallest absolute Gasteiger partial charge is 0.262 e. The Kier molecular flexibility index (Phi) is 5.54. The molecule has 0 bridgehead atoms. The van der Waals surface area contributed by atoms with Crippen LogP contribution >= 0.6 is 11.6 Å². The van der Waals surface area contributed by atoms with Crippen molar-refractivity contribution >= 4 is 23.2 Å². The van der Waals surface area contributed by atoms with Crippen molar-refractivity contribution in [3.8, 4) is 23.4 Å². The van der Waals surface area contributed by atoms with Crippen LogP contribution in [0.3, 0.4) is 0 Å². The summed E-state index contributed by atoms with van der Waals surface area (Å²) in [6, 6.07) is 14.5. The number of hydrogen-bond donors (Lipinski definition) is 1. The van der Waals surface area contributed by atoms with Gasteiger partial charge in [0.05, 0.1) is 5.02 Å². The molecule has 0 saturated carbocycles. The Hall–Kier alpha value is -3.81. The number of nitrogens with zero attached hydrogens (tertiary/aromatic N) is 4. The maximum atomic E-state index is 13.0. The monoisotopic (exact) mass is 405 g/mol. The Morgan fingerprint density at radius 1 is 1.10 bits per heavy atom. The molecule has 0 aliphatic heterocycles. The zero-order valence-electron chi connectivity index (χ0n) is 15.9. The zero-order valence-corrected chi connectivity index (χ0v) is 16.7. The topological polar surface area (TPSA) is 108 Å². The lowest BCUT2D eigenvalue weighted by molar-refractivity contribution is 0.0966. The quantitative estimate of drug-likeness (QED) is 0.648. The molecule has 0 atom stereocenters. The number of aryl methyl sites for hydroxylation is 3. The van der Waals surface area contributed by atoms with Gasteiger partial charge in [0.15, 0.2) is 11.4 Å². The van der Waals surface area contributed by atoms with Crippen molar-refractivity contribution in [3.05, 3.63) is 69.8 Å². The molecule has 3 rings (SSSR count). The van der Waals surface area contributed by atoms with Crippen LogP contribution in [0, 0.1) is 43.4 Å². The van der Waals surface area contributed by atoms with Crippen LogP contribution in [0.15, 0.2) is 46.6 Å². The Morgan fingerprint density at radius 2 is 1.76 bits per heavy atom. The molecule has 0 radical (unpaired) electrons. The third-order valence-corrected chi connectivity index (χ3v) is 4.74. The molecule has 0 fully saturated rings. The summed E-state index contributed by atoms with van der Waals surface area (Å²) in [7, 11) is 0. The van der Waals surface area contributed by atoms with Gasteiger partial charge in [-0.25, -0.2) is 0 Å². The van der Waals surface area contributed by atoms with Crippen molar-refractivity contribution in [1.29, 1.82) is 10.5 Å². The van der Waals surface area contributed by atoms with E-state index in [0.717, 1.165) is 11.4 Å². The van der Waals surface area contributed by atoms with Gasteiger partial charge in [-0.2, -0.15) is 10.5 Å². The van der Waals surface area contributed by atoms with Crippen LogP contribution in [0.4, 0.5) is 0 Å². The highest BCUT2D eigenvalue weighted by Crippen LogP contribution is 2.31. The second-order valence-electron chi connectivity index (χ2n) is 6.30. The van der Waals surface area contributed by atoms with Crippen LogP contribution < -0.4 is 5.32 Å². The fraction of sp³-hybridized carbons (Fsp3) is 0.143. The molecule has 2 aromatic heterocycles. The summed E-state index contributed by atoms with van der Waals surface area (Å²) >= 11 is 6.23. The van der Waals surface area contributed by atoms with Crippen molar-refractivity contribution in [3.63, 3.8) is 0 Å². The summed E-state index contributed by atoms with van der Waals surface area (Å²) in [4.78, 5) is 13.0. The first-order valence-corrected chi connectivity index (χ1v) is 8.99. The van der Waals surface area contributed by atoms with E-state index in [1.807, 2.05) is 24.3 Å². The molecule has 1 amide bonds. The van der Waals surface area contributed by atoms with Gasteiger partial charge in [-0.15, -0.1) is 0 Å². The molecule has 0 aliphatic carbocycles. The predicted molar refractivity (Wildman–Crippen MR) is 108 cm³/mol. The van der Waals surface area contributed by atoms with E-state index in [1.54, 1.807) is 49.6 Å². The summed E-state index contributed by atoms with van der Waals surface area (Å²) in [6.45, 7) is 5.20. The van der Waals surface area contributed by atoms with Gasteiger partial charge in [0.1, 0.15) is 29.2 Å². The SMILES string of the molecule is Cc1onc(-c2ccccc2Cl)c1C(=O)N/C(C#N)=C(\C#N)n1c(C)ccc1C. The highest BCUT2D eigenvalue weighted by atomic mass is 35.5. The number of hydrogen-bond acceptors (Lipinski definition) is 5. The number of aromatic nitrogens is 2. The predicted octanol–water partition coefficient (Wildman–Crippen LogP) is 4.37. The summed E-state index contributed by atoms with van der Waals surface area (Å²) < 4.78 is 6.81. The summed E-state index contributed by atoms with van der Waals surface area (Å²) in [5.41, 5.74) is 2.30. The van der Waals surface area contributed by atoms with E-state index in [9.17, 15) is 15.3 Å². The Labute approximate surface area is 172 Å². The number of carbonyl (C=O) groups excluding carboxylic acids is 1. The first kappa shape index (κ1) is 19.9. The molecule has 29 heavy (non-hydrogen) atoms. The number of benzene rings is 1. The van der Waals surface area contributed by atoms with E-state index in [0.29, 0.717) is 10.6 Å².